The van der Waals surface area contributed by atoms with Gasteiger partial charge in [0, 0.05) is 22.1 Å². The van der Waals surface area contributed by atoms with Crippen LogP contribution in [0.4, 0.5) is 0 Å². The second kappa shape index (κ2) is 8.93. The maximum Gasteiger partial charge on any atom is 0.305 e. The van der Waals surface area contributed by atoms with E-state index in [2.05, 4.69) is 10.6 Å². The molecule has 1 aliphatic carbocycles. The molecule has 146 valence electrons. The van der Waals surface area contributed by atoms with Gasteiger partial charge in [-0.05, 0) is 61.1 Å². The van der Waals surface area contributed by atoms with Crippen molar-refractivity contribution in [3.8, 4) is 0 Å². The molecule has 1 atom stereocenters. The van der Waals surface area contributed by atoms with Crippen molar-refractivity contribution < 1.29 is 19.5 Å². The maximum atomic E-state index is 12.6. The molecule has 0 radical (unpaired) electrons. The lowest BCUT2D eigenvalue weighted by Crippen LogP contribution is -2.30. The second-order valence-corrected chi connectivity index (χ2v) is 7.60. The van der Waals surface area contributed by atoms with Crippen LogP contribution in [0.1, 0.15) is 51.6 Å². The highest BCUT2D eigenvalue weighted by atomic mass is 32.2. The van der Waals surface area contributed by atoms with E-state index in [-0.39, 0.29) is 24.3 Å². The Hall–Kier alpha value is -2.80. The third-order valence-electron chi connectivity index (χ3n) is 4.52. The summed E-state index contributed by atoms with van der Waals surface area (Å²) in [6, 6.07) is 13.4. The van der Waals surface area contributed by atoms with Crippen molar-refractivity contribution in [1.82, 2.24) is 10.6 Å². The molecule has 1 saturated carbocycles. The van der Waals surface area contributed by atoms with Crippen LogP contribution in [0.25, 0.3) is 0 Å². The van der Waals surface area contributed by atoms with Gasteiger partial charge in [0.1, 0.15) is 0 Å². The number of hydrogen-bond acceptors (Lipinski definition) is 4. The standard InChI is InChI=1S/C21H22N2O4S/c1-28-17-10-6-13(7-11-17)18(12-19(24)25)23-21(27)15-4-2-14(3-5-15)20(26)22-16-8-9-16/h2-7,10-11,16,18H,8-9,12H2,1H3,(H,22,26)(H,23,27)(H,24,25). The van der Waals surface area contributed by atoms with Crippen LogP contribution in [0.5, 0.6) is 0 Å². The first-order chi connectivity index (χ1) is 13.5. The lowest BCUT2D eigenvalue weighted by molar-refractivity contribution is -0.137. The molecule has 2 aromatic carbocycles. The molecule has 6 nitrogen and oxygen atoms in total. The van der Waals surface area contributed by atoms with Crippen molar-refractivity contribution in [2.75, 3.05) is 6.26 Å². The van der Waals surface area contributed by atoms with Crippen LogP contribution in [0, 0.1) is 0 Å². The quantitative estimate of drug-likeness (QED) is 0.593. The molecule has 0 bridgehead atoms. The number of thioether (sulfide) groups is 1. The van der Waals surface area contributed by atoms with Gasteiger partial charge in [-0.1, -0.05) is 12.1 Å². The summed E-state index contributed by atoms with van der Waals surface area (Å²) in [7, 11) is 0. The summed E-state index contributed by atoms with van der Waals surface area (Å²) in [4.78, 5) is 36.9. The molecule has 1 aliphatic rings. The van der Waals surface area contributed by atoms with Crippen molar-refractivity contribution in [2.45, 2.75) is 36.2 Å². The predicted octanol–water partition coefficient (Wildman–Crippen LogP) is 3.25. The van der Waals surface area contributed by atoms with Crippen LogP contribution in [0.3, 0.4) is 0 Å². The fraction of sp³-hybridized carbons (Fsp3) is 0.286. The van der Waals surface area contributed by atoms with Crippen LogP contribution in [-0.2, 0) is 4.79 Å². The number of hydrogen-bond donors (Lipinski definition) is 3. The van der Waals surface area contributed by atoms with Gasteiger partial charge in [-0.2, -0.15) is 0 Å². The van der Waals surface area contributed by atoms with E-state index in [9.17, 15) is 19.5 Å². The van der Waals surface area contributed by atoms with Gasteiger partial charge in [0.25, 0.3) is 11.8 Å². The summed E-state index contributed by atoms with van der Waals surface area (Å²) >= 11 is 1.59. The third kappa shape index (κ3) is 5.36. The summed E-state index contributed by atoms with van der Waals surface area (Å²) in [6.07, 6.45) is 3.76. The molecule has 0 aromatic heterocycles. The zero-order chi connectivity index (χ0) is 20.1. The summed E-state index contributed by atoms with van der Waals surface area (Å²) in [5.74, 6) is -1.52. The fourth-order valence-corrected chi connectivity index (χ4v) is 3.18. The van der Waals surface area contributed by atoms with E-state index in [0.717, 1.165) is 23.3 Å². The Morgan fingerprint density at radius 2 is 1.57 bits per heavy atom. The lowest BCUT2D eigenvalue weighted by Gasteiger charge is -2.18. The van der Waals surface area contributed by atoms with Crippen molar-refractivity contribution >= 4 is 29.5 Å². The van der Waals surface area contributed by atoms with Crippen LogP contribution < -0.4 is 10.6 Å². The van der Waals surface area contributed by atoms with Gasteiger partial charge in [0.15, 0.2) is 0 Å². The van der Waals surface area contributed by atoms with Gasteiger partial charge in [0.05, 0.1) is 12.5 Å². The smallest absolute Gasteiger partial charge is 0.305 e. The number of carbonyl (C=O) groups is 3. The SMILES string of the molecule is CSc1ccc(C(CC(=O)O)NC(=O)c2ccc(C(=O)NC3CC3)cc2)cc1. The van der Waals surface area contributed by atoms with Gasteiger partial charge in [0.2, 0.25) is 0 Å². The molecule has 1 unspecified atom stereocenters. The Kier molecular flexibility index (Phi) is 6.36. The molecule has 0 saturated heterocycles. The minimum atomic E-state index is -0.994. The Bertz CT molecular complexity index is 861. The van der Waals surface area contributed by atoms with Crippen molar-refractivity contribution in [2.24, 2.45) is 0 Å². The first-order valence-electron chi connectivity index (χ1n) is 9.04. The number of amides is 2. The number of carboxylic acids is 1. The van der Waals surface area contributed by atoms with Gasteiger partial charge >= 0.3 is 5.97 Å². The highest BCUT2D eigenvalue weighted by Gasteiger charge is 2.24. The van der Waals surface area contributed by atoms with Crippen LogP contribution in [0.2, 0.25) is 0 Å². The van der Waals surface area contributed by atoms with E-state index in [4.69, 9.17) is 0 Å². The summed E-state index contributed by atoms with van der Waals surface area (Å²) in [5, 5.41) is 14.9. The molecule has 3 rings (SSSR count). The average molecular weight is 398 g/mol. The minimum Gasteiger partial charge on any atom is -0.481 e. The van der Waals surface area contributed by atoms with E-state index >= 15 is 0 Å². The fourth-order valence-electron chi connectivity index (χ4n) is 2.77. The summed E-state index contributed by atoms with van der Waals surface area (Å²) in [5.41, 5.74) is 1.60. The number of benzene rings is 2. The first kappa shape index (κ1) is 19.9. The van der Waals surface area contributed by atoms with Gasteiger partial charge in [-0.3, -0.25) is 14.4 Å². The number of rotatable bonds is 8. The van der Waals surface area contributed by atoms with Crippen LogP contribution >= 0.6 is 11.8 Å². The molecule has 3 N–H and O–H groups in total. The van der Waals surface area contributed by atoms with Crippen LogP contribution in [-0.4, -0.2) is 35.2 Å². The predicted molar refractivity (Wildman–Crippen MR) is 108 cm³/mol. The minimum absolute atomic E-state index is 0.146. The Morgan fingerprint density at radius 3 is 2.07 bits per heavy atom. The first-order valence-corrected chi connectivity index (χ1v) is 10.3. The van der Waals surface area contributed by atoms with E-state index in [1.54, 1.807) is 36.0 Å². The molecule has 7 heteroatoms. The number of carboxylic acid groups (broad SMARTS) is 1. The Balaban J connectivity index is 1.69. The van der Waals surface area contributed by atoms with Gasteiger partial charge in [-0.25, -0.2) is 0 Å². The Morgan fingerprint density at radius 1 is 1.00 bits per heavy atom. The summed E-state index contributed by atoms with van der Waals surface area (Å²) < 4.78 is 0. The highest BCUT2D eigenvalue weighted by Crippen LogP contribution is 2.22. The summed E-state index contributed by atoms with van der Waals surface area (Å²) in [6.45, 7) is 0. The molecular weight excluding hydrogens is 376 g/mol. The van der Waals surface area contributed by atoms with Crippen molar-refractivity contribution in [3.05, 3.63) is 65.2 Å². The zero-order valence-corrected chi connectivity index (χ0v) is 16.3. The normalized spacial score (nSPS) is 14.2. The lowest BCUT2D eigenvalue weighted by atomic mass is 10.0. The largest absolute Gasteiger partial charge is 0.481 e. The molecule has 0 spiro atoms. The number of aliphatic carboxylic acids is 1. The van der Waals surface area contributed by atoms with Crippen molar-refractivity contribution in [3.63, 3.8) is 0 Å². The molecular formula is C21H22N2O4S. The van der Waals surface area contributed by atoms with E-state index in [1.807, 2.05) is 30.5 Å². The van der Waals surface area contributed by atoms with E-state index in [0.29, 0.717) is 11.1 Å². The van der Waals surface area contributed by atoms with Gasteiger partial charge in [-0.15, -0.1) is 11.8 Å². The average Bonchev–Trinajstić information content (AvgIpc) is 3.51. The van der Waals surface area contributed by atoms with E-state index in [1.165, 1.54) is 0 Å². The Labute approximate surface area is 167 Å². The molecule has 2 amide bonds. The van der Waals surface area contributed by atoms with Crippen molar-refractivity contribution in [1.29, 1.82) is 0 Å². The molecule has 0 aliphatic heterocycles. The van der Waals surface area contributed by atoms with E-state index < -0.39 is 12.0 Å². The van der Waals surface area contributed by atoms with Crippen LogP contribution in [0.15, 0.2) is 53.4 Å². The monoisotopic (exact) mass is 398 g/mol. The molecule has 2 aromatic rings. The van der Waals surface area contributed by atoms with Gasteiger partial charge < -0.3 is 15.7 Å². The third-order valence-corrected chi connectivity index (χ3v) is 5.27. The topological polar surface area (TPSA) is 95.5 Å². The number of carbonyl (C=O) groups excluding carboxylic acids is 2. The maximum absolute atomic E-state index is 12.6. The molecule has 1 fully saturated rings. The zero-order valence-electron chi connectivity index (χ0n) is 15.5. The second-order valence-electron chi connectivity index (χ2n) is 6.72. The molecule has 0 heterocycles. The number of nitrogens with one attached hydrogen (secondary N) is 2. The highest BCUT2D eigenvalue weighted by molar-refractivity contribution is 7.98. The molecule has 28 heavy (non-hydrogen) atoms.